The molecule has 7 heteroatoms. The minimum Gasteiger partial charge on any atom is -0.457 e. The van der Waals surface area contributed by atoms with E-state index >= 15 is 0 Å². The van der Waals surface area contributed by atoms with E-state index in [4.69, 9.17) is 15.2 Å². The Kier molecular flexibility index (Phi) is 4.99. The molecule has 0 fully saturated rings. The molecule has 2 aliphatic heterocycles. The largest absolute Gasteiger partial charge is 0.457 e. The molecule has 2 aromatic rings. The summed E-state index contributed by atoms with van der Waals surface area (Å²) in [5.41, 5.74) is 6.13. The molecule has 0 saturated carbocycles. The Labute approximate surface area is 180 Å². The van der Waals surface area contributed by atoms with Crippen LogP contribution in [0, 0.1) is 11.3 Å². The van der Waals surface area contributed by atoms with Crippen LogP contribution in [0.5, 0.6) is 0 Å². The molecule has 0 saturated heterocycles. The van der Waals surface area contributed by atoms with Gasteiger partial charge in [0, 0.05) is 17.8 Å². The summed E-state index contributed by atoms with van der Waals surface area (Å²) in [7, 11) is 0. The number of nitriles is 1. The van der Waals surface area contributed by atoms with Gasteiger partial charge in [-0.2, -0.15) is 5.26 Å². The second-order valence-electron chi connectivity index (χ2n) is 7.26. The Morgan fingerprint density at radius 2 is 1.87 bits per heavy atom. The number of hydrogen-bond donors (Lipinski definition) is 1. The zero-order valence-corrected chi connectivity index (χ0v) is 17.2. The molecule has 2 N–H and O–H groups in total. The van der Waals surface area contributed by atoms with Gasteiger partial charge in [-0.3, -0.25) is 4.79 Å². The maximum Gasteiger partial charge on any atom is 0.339 e. The molecule has 0 radical (unpaired) electrons. The van der Waals surface area contributed by atoms with Gasteiger partial charge in [0.2, 0.25) is 11.8 Å². The first kappa shape index (κ1) is 20.2. The second-order valence-corrected chi connectivity index (χ2v) is 7.26. The monoisotopic (exact) mass is 415 g/mol. The van der Waals surface area contributed by atoms with Crippen LogP contribution in [-0.2, 0) is 31.1 Å². The van der Waals surface area contributed by atoms with E-state index in [1.54, 1.807) is 36.1 Å². The fourth-order valence-electron chi connectivity index (χ4n) is 4.32. The number of carbonyl (C=O) groups is 2. The van der Waals surface area contributed by atoms with E-state index in [1.807, 2.05) is 43.3 Å². The fourth-order valence-corrected chi connectivity index (χ4v) is 4.32. The van der Waals surface area contributed by atoms with Crippen LogP contribution in [-0.4, -0.2) is 18.4 Å². The Morgan fingerprint density at radius 1 is 1.19 bits per heavy atom. The lowest BCUT2D eigenvalue weighted by Crippen LogP contribution is -2.48. The fraction of sp³-hybridized carbons (Fsp3) is 0.208. The Bertz CT molecular complexity index is 1180. The predicted molar refractivity (Wildman–Crippen MR) is 113 cm³/mol. The number of carbonyl (C=O) groups excluding carboxylic acids is 2. The van der Waals surface area contributed by atoms with Crippen molar-refractivity contribution in [3.05, 3.63) is 88.5 Å². The predicted octanol–water partition coefficient (Wildman–Crippen LogP) is 3.03. The highest BCUT2D eigenvalue weighted by Crippen LogP contribution is 2.54. The van der Waals surface area contributed by atoms with Gasteiger partial charge in [0.15, 0.2) is 5.41 Å². The van der Waals surface area contributed by atoms with Gasteiger partial charge in [-0.1, -0.05) is 48.5 Å². The molecular formula is C24H21N3O4. The van der Waals surface area contributed by atoms with Gasteiger partial charge in [0.05, 0.1) is 0 Å². The summed E-state index contributed by atoms with van der Waals surface area (Å²) in [4.78, 5) is 28.7. The number of esters is 1. The van der Waals surface area contributed by atoms with Crippen molar-refractivity contribution in [2.24, 2.45) is 5.73 Å². The lowest BCUT2D eigenvalue weighted by atomic mass is 9.68. The number of nitrogens with zero attached hydrogens (tertiary/aromatic N) is 2. The summed E-state index contributed by atoms with van der Waals surface area (Å²) in [6.45, 7) is 3.76. The highest BCUT2D eigenvalue weighted by molar-refractivity contribution is 6.18. The Balaban J connectivity index is 1.88. The summed E-state index contributed by atoms with van der Waals surface area (Å²) >= 11 is 0. The van der Waals surface area contributed by atoms with Crippen molar-refractivity contribution in [1.82, 2.24) is 0 Å². The number of nitrogens with two attached hydrogens (primary N) is 1. The van der Waals surface area contributed by atoms with E-state index in [-0.39, 0.29) is 29.4 Å². The second kappa shape index (κ2) is 7.65. The number of amides is 1. The van der Waals surface area contributed by atoms with Crippen molar-refractivity contribution in [2.75, 3.05) is 11.4 Å². The number of ether oxygens (including phenoxy) is 2. The topological polar surface area (TPSA) is 106 Å². The van der Waals surface area contributed by atoms with Crippen molar-refractivity contribution in [3.8, 4) is 6.07 Å². The quantitative estimate of drug-likeness (QED) is 0.770. The molecule has 0 aromatic heterocycles. The zero-order chi connectivity index (χ0) is 22.2. The molecule has 1 amide bonds. The standard InChI is InChI=1S/C24H21N3O4/c1-3-27-19-12-8-7-11-17(19)24(23(27)29)18(13-25)21(26)31-15(2)20(24)22(28)30-14-16-9-5-4-6-10-16/h4-12H,3,14,26H2,1-2H3/t24-/m0/s1. The van der Waals surface area contributed by atoms with E-state index in [1.165, 1.54) is 0 Å². The van der Waals surface area contributed by atoms with Gasteiger partial charge < -0.3 is 20.1 Å². The van der Waals surface area contributed by atoms with E-state index in [0.717, 1.165) is 5.56 Å². The van der Waals surface area contributed by atoms with Crippen molar-refractivity contribution in [3.63, 3.8) is 0 Å². The summed E-state index contributed by atoms with van der Waals surface area (Å²) in [5, 5.41) is 9.97. The Hall–Kier alpha value is -4.05. The molecule has 4 rings (SSSR count). The van der Waals surface area contributed by atoms with Gasteiger partial charge in [0.1, 0.15) is 29.6 Å². The summed E-state index contributed by atoms with van der Waals surface area (Å²) in [6.07, 6.45) is 0. The van der Waals surface area contributed by atoms with Crippen LogP contribution in [0.4, 0.5) is 5.69 Å². The lowest BCUT2D eigenvalue weighted by Gasteiger charge is -2.34. The average Bonchev–Trinajstić information content (AvgIpc) is 3.01. The van der Waals surface area contributed by atoms with Gasteiger partial charge >= 0.3 is 5.97 Å². The molecule has 7 nitrogen and oxygen atoms in total. The van der Waals surface area contributed by atoms with E-state index < -0.39 is 17.3 Å². The third-order valence-electron chi connectivity index (χ3n) is 5.62. The number of para-hydroxylation sites is 1. The molecule has 2 aromatic carbocycles. The molecule has 0 bridgehead atoms. The number of benzene rings is 2. The van der Waals surface area contributed by atoms with Crippen LogP contribution in [0.3, 0.4) is 0 Å². The molecule has 0 unspecified atom stereocenters. The molecule has 156 valence electrons. The maximum atomic E-state index is 13.8. The summed E-state index contributed by atoms with van der Waals surface area (Å²) in [5.74, 6) is -1.22. The van der Waals surface area contributed by atoms with E-state index in [0.29, 0.717) is 17.8 Å². The minimum atomic E-state index is -1.71. The smallest absolute Gasteiger partial charge is 0.339 e. The molecule has 1 spiro atoms. The number of likely N-dealkylation sites (N-methyl/N-ethyl adjacent to an activating group) is 1. The van der Waals surface area contributed by atoms with Gasteiger partial charge in [-0.05, 0) is 25.5 Å². The molecule has 1 atom stereocenters. The Morgan fingerprint density at radius 3 is 2.55 bits per heavy atom. The van der Waals surface area contributed by atoms with Crippen LogP contribution < -0.4 is 10.6 Å². The zero-order valence-electron chi connectivity index (χ0n) is 17.2. The van der Waals surface area contributed by atoms with Crippen molar-refractivity contribution < 1.29 is 19.1 Å². The number of hydrogen-bond acceptors (Lipinski definition) is 6. The molecule has 2 aliphatic rings. The van der Waals surface area contributed by atoms with Crippen LogP contribution in [0.1, 0.15) is 25.0 Å². The number of allylic oxidation sites excluding steroid dienone is 1. The molecule has 31 heavy (non-hydrogen) atoms. The first-order chi connectivity index (χ1) is 15.0. The lowest BCUT2D eigenvalue weighted by molar-refractivity contribution is -0.142. The molecule has 0 aliphatic carbocycles. The maximum absolute atomic E-state index is 13.8. The van der Waals surface area contributed by atoms with Gasteiger partial charge in [-0.15, -0.1) is 0 Å². The first-order valence-electron chi connectivity index (χ1n) is 9.88. The van der Waals surface area contributed by atoms with Crippen molar-refractivity contribution in [1.29, 1.82) is 5.26 Å². The van der Waals surface area contributed by atoms with Crippen LogP contribution in [0.2, 0.25) is 0 Å². The van der Waals surface area contributed by atoms with E-state index in [2.05, 4.69) is 0 Å². The number of fused-ring (bicyclic) bond motifs is 2. The van der Waals surface area contributed by atoms with Crippen molar-refractivity contribution >= 4 is 17.6 Å². The third kappa shape index (κ3) is 2.88. The first-order valence-corrected chi connectivity index (χ1v) is 9.88. The van der Waals surface area contributed by atoms with Crippen molar-refractivity contribution in [2.45, 2.75) is 25.9 Å². The van der Waals surface area contributed by atoms with Crippen LogP contribution >= 0.6 is 0 Å². The van der Waals surface area contributed by atoms with Gasteiger partial charge in [-0.25, -0.2) is 4.79 Å². The third-order valence-corrected chi connectivity index (χ3v) is 5.62. The number of rotatable bonds is 4. The van der Waals surface area contributed by atoms with Gasteiger partial charge in [0.25, 0.3) is 0 Å². The normalized spacial score (nSPS) is 19.9. The van der Waals surface area contributed by atoms with Crippen LogP contribution in [0.25, 0.3) is 0 Å². The minimum absolute atomic E-state index is 0.0148. The number of anilines is 1. The molecule has 2 heterocycles. The molecular weight excluding hydrogens is 394 g/mol. The van der Waals surface area contributed by atoms with Crippen LogP contribution in [0.15, 0.2) is 77.4 Å². The van der Waals surface area contributed by atoms with E-state index in [9.17, 15) is 14.9 Å². The average molecular weight is 415 g/mol. The summed E-state index contributed by atoms with van der Waals surface area (Å²) in [6, 6.07) is 18.3. The summed E-state index contributed by atoms with van der Waals surface area (Å²) < 4.78 is 11.1. The highest BCUT2D eigenvalue weighted by atomic mass is 16.5. The SMILES string of the molecule is CCN1C(=O)[C@]2(C(C#N)=C(N)OC(C)=C2C(=O)OCc2ccccc2)c2ccccc21. The highest BCUT2D eigenvalue weighted by Gasteiger charge is 2.61.